The fraction of sp³-hybridized carbons (Fsp3) is 0.286. The minimum atomic E-state index is -0.875. The summed E-state index contributed by atoms with van der Waals surface area (Å²) in [6.45, 7) is 9.66. The first-order valence-corrected chi connectivity index (χ1v) is 12.4. The molecule has 0 aliphatic carbocycles. The van der Waals surface area contributed by atoms with Crippen molar-refractivity contribution in [3.05, 3.63) is 101 Å². The van der Waals surface area contributed by atoms with E-state index in [9.17, 15) is 9.90 Å². The van der Waals surface area contributed by atoms with Gasteiger partial charge < -0.3 is 9.52 Å². The van der Waals surface area contributed by atoms with Crippen molar-refractivity contribution in [3.8, 4) is 5.69 Å². The molecule has 0 fully saturated rings. The predicted molar refractivity (Wildman–Crippen MR) is 139 cm³/mol. The van der Waals surface area contributed by atoms with Gasteiger partial charge in [-0.3, -0.25) is 9.69 Å². The molecule has 0 aliphatic heterocycles. The van der Waals surface area contributed by atoms with Gasteiger partial charge in [0.05, 0.1) is 24.2 Å². The van der Waals surface area contributed by atoms with E-state index in [1.165, 1.54) is 17.3 Å². The number of aliphatic carboxylic acids is 1. The maximum atomic E-state index is 11.5. The first-order chi connectivity index (χ1) is 16.7. The summed E-state index contributed by atoms with van der Waals surface area (Å²) in [5.74, 6) is 0.0767. The minimum Gasteiger partial charge on any atom is -0.480 e. The van der Waals surface area contributed by atoms with E-state index < -0.39 is 10.7 Å². The second kappa shape index (κ2) is 10.5. The van der Waals surface area contributed by atoms with Crippen LogP contribution in [-0.2, 0) is 24.4 Å². The average Bonchev–Trinajstić information content (AvgIpc) is 3.45. The van der Waals surface area contributed by atoms with Gasteiger partial charge in [0.15, 0.2) is 0 Å². The second-order valence-electron chi connectivity index (χ2n) is 9.33. The molecule has 4 rings (SSSR count). The van der Waals surface area contributed by atoms with Crippen LogP contribution < -0.4 is 0 Å². The largest absolute Gasteiger partial charge is 0.480 e. The molecule has 35 heavy (non-hydrogen) atoms. The van der Waals surface area contributed by atoms with E-state index in [1.54, 1.807) is 20.1 Å². The van der Waals surface area contributed by atoms with Crippen molar-refractivity contribution in [2.45, 2.75) is 57.0 Å². The smallest absolute Gasteiger partial charge is 0.319 e. The predicted octanol–water partition coefficient (Wildman–Crippen LogP) is 6.24. The molecule has 0 unspecified atom stereocenters. The molecule has 0 saturated carbocycles. The molecule has 2 aromatic carbocycles. The number of carboxylic acid groups (broad SMARTS) is 1. The summed E-state index contributed by atoms with van der Waals surface area (Å²) in [4.78, 5) is 14.7. The van der Waals surface area contributed by atoms with Gasteiger partial charge in [0.1, 0.15) is 10.5 Å². The monoisotopic (exact) mass is 489 g/mol. The summed E-state index contributed by atoms with van der Waals surface area (Å²) in [6.07, 6.45) is 3.77. The quantitative estimate of drug-likeness (QED) is 0.266. The van der Waals surface area contributed by atoms with Gasteiger partial charge in [0, 0.05) is 24.2 Å². The SMILES string of the molecule is Cc1cccc(-n2cc(C)c(CN(Cc3ccc(SC(C)(C)C(=O)O)cc3)Cc3ccco3)n2)c1. The van der Waals surface area contributed by atoms with Crippen LogP contribution in [0.15, 0.2) is 82.4 Å². The lowest BCUT2D eigenvalue weighted by molar-refractivity contribution is -0.138. The van der Waals surface area contributed by atoms with Crippen LogP contribution >= 0.6 is 11.8 Å². The lowest BCUT2D eigenvalue weighted by Gasteiger charge is -2.22. The number of benzene rings is 2. The highest BCUT2D eigenvalue weighted by molar-refractivity contribution is 8.01. The van der Waals surface area contributed by atoms with E-state index in [1.807, 2.05) is 35.0 Å². The topological polar surface area (TPSA) is 71.5 Å². The highest BCUT2D eigenvalue weighted by Gasteiger charge is 2.28. The number of carbonyl (C=O) groups is 1. The minimum absolute atomic E-state index is 0.659. The van der Waals surface area contributed by atoms with E-state index in [-0.39, 0.29) is 0 Å². The summed E-state index contributed by atoms with van der Waals surface area (Å²) in [7, 11) is 0. The fourth-order valence-electron chi connectivity index (χ4n) is 3.82. The van der Waals surface area contributed by atoms with Crippen LogP contribution in [0.1, 0.15) is 42.0 Å². The van der Waals surface area contributed by atoms with Gasteiger partial charge in [-0.2, -0.15) is 5.10 Å². The Morgan fingerprint density at radius 1 is 1.06 bits per heavy atom. The van der Waals surface area contributed by atoms with E-state index in [0.29, 0.717) is 19.6 Å². The van der Waals surface area contributed by atoms with Crippen molar-refractivity contribution >= 4 is 17.7 Å². The van der Waals surface area contributed by atoms with Crippen molar-refractivity contribution < 1.29 is 14.3 Å². The molecule has 0 bridgehead atoms. The molecule has 4 aromatic rings. The van der Waals surface area contributed by atoms with E-state index >= 15 is 0 Å². The highest BCUT2D eigenvalue weighted by Crippen LogP contribution is 2.33. The van der Waals surface area contributed by atoms with Gasteiger partial charge in [-0.25, -0.2) is 4.68 Å². The van der Waals surface area contributed by atoms with Crippen molar-refractivity contribution in [1.82, 2.24) is 14.7 Å². The van der Waals surface area contributed by atoms with Gasteiger partial charge in [0.25, 0.3) is 0 Å². The molecule has 2 aromatic heterocycles. The van der Waals surface area contributed by atoms with Crippen LogP contribution in [-0.4, -0.2) is 30.5 Å². The number of furan rings is 1. The van der Waals surface area contributed by atoms with E-state index in [0.717, 1.165) is 33.2 Å². The van der Waals surface area contributed by atoms with Gasteiger partial charge in [-0.05, 0) is 80.8 Å². The Labute approximate surface area is 210 Å². The Balaban J connectivity index is 1.52. The standard InChI is InChI=1S/C28H31N3O3S/c1-20-7-5-8-23(15-20)31-16-21(2)26(29-31)19-30(18-24-9-6-14-34-24)17-22-10-12-25(13-11-22)35-28(3,4)27(32)33/h5-16H,17-19H2,1-4H3,(H,32,33). The van der Waals surface area contributed by atoms with Gasteiger partial charge in [-0.1, -0.05) is 24.3 Å². The Hall–Kier alpha value is -3.29. The number of hydrogen-bond acceptors (Lipinski definition) is 5. The van der Waals surface area contributed by atoms with Crippen LogP contribution in [0.5, 0.6) is 0 Å². The summed E-state index contributed by atoms with van der Waals surface area (Å²) in [5.41, 5.74) is 5.55. The van der Waals surface area contributed by atoms with E-state index in [2.05, 4.69) is 55.3 Å². The third-order valence-corrected chi connectivity index (χ3v) is 7.01. The third-order valence-electron chi connectivity index (χ3n) is 5.82. The summed E-state index contributed by atoms with van der Waals surface area (Å²) in [5, 5.41) is 14.3. The number of thioether (sulfide) groups is 1. The maximum absolute atomic E-state index is 11.5. The zero-order valence-corrected chi connectivity index (χ0v) is 21.4. The number of aromatic nitrogens is 2. The summed E-state index contributed by atoms with van der Waals surface area (Å²) < 4.78 is 6.70. The molecule has 1 N–H and O–H groups in total. The first kappa shape index (κ1) is 24.8. The Kier molecular flexibility index (Phi) is 7.48. The molecule has 0 spiro atoms. The number of aryl methyl sites for hydroxylation is 2. The molecular weight excluding hydrogens is 458 g/mol. The van der Waals surface area contributed by atoms with Crippen LogP contribution in [0.2, 0.25) is 0 Å². The first-order valence-electron chi connectivity index (χ1n) is 11.6. The molecule has 6 nitrogen and oxygen atoms in total. The number of carboxylic acids is 1. The van der Waals surface area contributed by atoms with E-state index in [4.69, 9.17) is 9.52 Å². The Bertz CT molecular complexity index is 1280. The number of hydrogen-bond donors (Lipinski definition) is 1. The summed E-state index contributed by atoms with van der Waals surface area (Å²) in [6, 6.07) is 20.3. The molecule has 0 saturated heterocycles. The van der Waals surface area contributed by atoms with Crippen LogP contribution in [0.3, 0.4) is 0 Å². The van der Waals surface area contributed by atoms with Crippen molar-refractivity contribution in [2.75, 3.05) is 0 Å². The molecule has 7 heteroatoms. The molecular formula is C28H31N3O3S. The fourth-order valence-corrected chi connectivity index (χ4v) is 4.77. The van der Waals surface area contributed by atoms with Crippen LogP contribution in [0, 0.1) is 13.8 Å². The third kappa shape index (κ3) is 6.44. The molecule has 0 amide bonds. The Morgan fingerprint density at radius 2 is 1.83 bits per heavy atom. The molecule has 0 aliphatic rings. The van der Waals surface area contributed by atoms with Crippen molar-refractivity contribution in [3.63, 3.8) is 0 Å². The highest BCUT2D eigenvalue weighted by atomic mass is 32.2. The maximum Gasteiger partial charge on any atom is 0.319 e. The molecule has 0 atom stereocenters. The summed E-state index contributed by atoms with van der Waals surface area (Å²) >= 11 is 1.35. The zero-order chi connectivity index (χ0) is 25.0. The lowest BCUT2D eigenvalue weighted by atomic mass is 10.2. The lowest BCUT2D eigenvalue weighted by Crippen LogP contribution is -2.26. The Morgan fingerprint density at radius 3 is 2.49 bits per heavy atom. The second-order valence-corrected chi connectivity index (χ2v) is 11.0. The van der Waals surface area contributed by atoms with Gasteiger partial charge >= 0.3 is 5.97 Å². The van der Waals surface area contributed by atoms with Gasteiger partial charge in [-0.15, -0.1) is 11.8 Å². The molecule has 2 heterocycles. The van der Waals surface area contributed by atoms with Gasteiger partial charge in [0.2, 0.25) is 0 Å². The average molecular weight is 490 g/mol. The molecule has 182 valence electrons. The van der Waals surface area contributed by atoms with Crippen molar-refractivity contribution in [1.29, 1.82) is 0 Å². The number of rotatable bonds is 10. The molecule has 0 radical (unpaired) electrons. The zero-order valence-electron chi connectivity index (χ0n) is 20.6. The van der Waals surface area contributed by atoms with Crippen molar-refractivity contribution in [2.24, 2.45) is 0 Å². The van der Waals surface area contributed by atoms with Crippen LogP contribution in [0.25, 0.3) is 5.69 Å². The number of nitrogens with zero attached hydrogens (tertiary/aromatic N) is 3. The van der Waals surface area contributed by atoms with Crippen LogP contribution in [0.4, 0.5) is 0 Å². The normalized spacial score (nSPS) is 11.8.